The second-order valence-corrected chi connectivity index (χ2v) is 10.0. The average Bonchev–Trinajstić information content (AvgIpc) is 2.60. The van der Waals surface area contributed by atoms with Crippen molar-refractivity contribution < 1.29 is 30.8 Å². The van der Waals surface area contributed by atoms with Crippen molar-refractivity contribution in [1.29, 1.82) is 0 Å². The summed E-state index contributed by atoms with van der Waals surface area (Å²) in [7, 11) is -4.11. The Labute approximate surface area is 172 Å². The summed E-state index contributed by atoms with van der Waals surface area (Å²) in [6.45, 7) is 1.64. The highest BCUT2D eigenvalue weighted by Gasteiger charge is 2.51. The molecule has 0 saturated heterocycles. The molecular weight excluding hydrogens is 426 g/mol. The maximum absolute atomic E-state index is 14.3. The molecule has 2 fully saturated rings. The summed E-state index contributed by atoms with van der Waals surface area (Å²) in [5.74, 6) is -8.78. The molecule has 0 aromatic carbocycles. The van der Waals surface area contributed by atoms with Crippen molar-refractivity contribution >= 4 is 21.6 Å². The third-order valence-electron chi connectivity index (χ3n) is 6.20. The fourth-order valence-electron chi connectivity index (χ4n) is 4.93. The first-order valence-electron chi connectivity index (χ1n) is 9.83. The van der Waals surface area contributed by atoms with Crippen LogP contribution in [0.15, 0.2) is 23.4 Å². The third kappa shape index (κ3) is 5.29. The number of halogens is 4. The van der Waals surface area contributed by atoms with Crippen LogP contribution >= 0.6 is 0 Å². The van der Waals surface area contributed by atoms with Gasteiger partial charge in [-0.2, -0.15) is 0 Å². The number of aromatic nitrogens is 1. The molecule has 11 heteroatoms. The molecule has 1 unspecified atom stereocenters. The lowest BCUT2D eigenvalue weighted by Crippen LogP contribution is -2.47. The highest BCUT2D eigenvalue weighted by atomic mass is 32.2. The van der Waals surface area contributed by atoms with E-state index < -0.39 is 57.0 Å². The zero-order chi connectivity index (χ0) is 22.3. The number of sulfonamides is 1. The molecule has 0 radical (unpaired) electrons. The molecule has 6 nitrogen and oxygen atoms in total. The van der Waals surface area contributed by atoms with E-state index in [2.05, 4.69) is 10.3 Å². The van der Waals surface area contributed by atoms with Gasteiger partial charge in [0.15, 0.2) is 5.03 Å². The fraction of sp³-hybridized carbons (Fsp3) is 0.684. The minimum Gasteiger partial charge on any atom is -0.326 e. The van der Waals surface area contributed by atoms with Crippen LogP contribution in [-0.4, -0.2) is 31.2 Å². The average molecular weight is 451 g/mol. The lowest BCUT2D eigenvalue weighted by Gasteiger charge is -2.45. The fourth-order valence-corrected chi connectivity index (χ4v) is 5.43. The van der Waals surface area contributed by atoms with Crippen LogP contribution in [0.25, 0.3) is 0 Å². The third-order valence-corrected chi connectivity index (χ3v) is 7.00. The summed E-state index contributed by atoms with van der Waals surface area (Å²) in [5.41, 5.74) is 0.0643. The molecule has 3 atom stereocenters. The van der Waals surface area contributed by atoms with Crippen LogP contribution in [0.1, 0.15) is 45.4 Å². The zero-order valence-electron chi connectivity index (χ0n) is 16.5. The number of nitrogens with zero attached hydrogens (tertiary/aromatic N) is 1. The standard InChI is InChI=1S/C19H25F4N3O3S/c1-11-9-19(22,23)10-14(16(11)12-2-5-18(20,21)6-3-12)17(27)26-13-4-7-25-15(8-13)30(24,28)29/h4,7-8,11-12,14,16H,2-3,5-6,9-10H2,1H3,(H2,24,28,29)(H,25,26,27)/t11-,14?,16-/m1/s1. The predicted octanol–water partition coefficient (Wildman–Crippen LogP) is 3.79. The number of rotatable bonds is 4. The number of carbonyl (C=O) groups excluding carboxylic acids is 1. The monoisotopic (exact) mass is 451 g/mol. The summed E-state index contributed by atoms with van der Waals surface area (Å²) in [4.78, 5) is 16.6. The maximum Gasteiger partial charge on any atom is 0.255 e. The molecule has 2 aliphatic carbocycles. The van der Waals surface area contributed by atoms with Crippen molar-refractivity contribution in [3.8, 4) is 0 Å². The van der Waals surface area contributed by atoms with Crippen molar-refractivity contribution in [1.82, 2.24) is 4.98 Å². The van der Waals surface area contributed by atoms with Gasteiger partial charge in [0.1, 0.15) is 0 Å². The zero-order valence-corrected chi connectivity index (χ0v) is 17.3. The Morgan fingerprint density at radius 3 is 2.40 bits per heavy atom. The van der Waals surface area contributed by atoms with Crippen molar-refractivity contribution in [3.63, 3.8) is 0 Å². The van der Waals surface area contributed by atoms with E-state index in [0.29, 0.717) is 0 Å². The normalized spacial score (nSPS) is 29.3. The van der Waals surface area contributed by atoms with Crippen molar-refractivity contribution in [3.05, 3.63) is 18.3 Å². The molecule has 2 aliphatic rings. The molecule has 3 N–H and O–H groups in total. The van der Waals surface area contributed by atoms with Crippen LogP contribution in [0, 0.1) is 23.7 Å². The summed E-state index contributed by atoms with van der Waals surface area (Å²) < 4.78 is 78.6. The number of amides is 1. The van der Waals surface area contributed by atoms with Crippen LogP contribution in [0.3, 0.4) is 0 Å². The van der Waals surface area contributed by atoms with Gasteiger partial charge in [0, 0.05) is 49.6 Å². The van der Waals surface area contributed by atoms with Crippen molar-refractivity contribution in [2.75, 3.05) is 5.32 Å². The van der Waals surface area contributed by atoms with Gasteiger partial charge in [-0.25, -0.2) is 36.1 Å². The van der Waals surface area contributed by atoms with Gasteiger partial charge < -0.3 is 5.32 Å². The number of hydrogen-bond acceptors (Lipinski definition) is 4. The largest absolute Gasteiger partial charge is 0.326 e. The van der Waals surface area contributed by atoms with Crippen LogP contribution in [0.5, 0.6) is 0 Å². The first-order chi connectivity index (χ1) is 13.8. The number of primary sulfonamides is 1. The Morgan fingerprint density at radius 1 is 1.17 bits per heavy atom. The van der Waals surface area contributed by atoms with Crippen molar-refractivity contribution in [2.45, 2.75) is 62.3 Å². The smallest absolute Gasteiger partial charge is 0.255 e. The molecular formula is C19H25F4N3O3S. The van der Waals surface area contributed by atoms with Gasteiger partial charge in [-0.15, -0.1) is 0 Å². The molecule has 0 aliphatic heterocycles. The molecule has 2 saturated carbocycles. The molecule has 1 amide bonds. The van der Waals surface area contributed by atoms with E-state index in [4.69, 9.17) is 5.14 Å². The maximum atomic E-state index is 14.3. The van der Waals surface area contributed by atoms with Crippen LogP contribution in [0.2, 0.25) is 0 Å². The highest BCUT2D eigenvalue weighted by molar-refractivity contribution is 7.89. The molecule has 1 heterocycles. The van der Waals surface area contributed by atoms with E-state index in [1.807, 2.05) is 0 Å². The first kappa shape index (κ1) is 22.9. The van der Waals surface area contributed by atoms with Crippen LogP contribution in [-0.2, 0) is 14.8 Å². The Balaban J connectivity index is 1.83. The highest BCUT2D eigenvalue weighted by Crippen LogP contribution is 2.51. The van der Waals surface area contributed by atoms with Gasteiger partial charge in [-0.3, -0.25) is 4.79 Å². The Hall–Kier alpha value is -1.75. The molecule has 168 valence electrons. The summed E-state index contributed by atoms with van der Waals surface area (Å²) >= 11 is 0. The molecule has 30 heavy (non-hydrogen) atoms. The summed E-state index contributed by atoms with van der Waals surface area (Å²) in [6.07, 6.45) is -0.188. The molecule has 0 bridgehead atoms. The lowest BCUT2D eigenvalue weighted by molar-refractivity contribution is -0.144. The van der Waals surface area contributed by atoms with Crippen LogP contribution < -0.4 is 10.5 Å². The molecule has 3 rings (SSSR count). The van der Waals surface area contributed by atoms with E-state index >= 15 is 0 Å². The summed E-state index contributed by atoms with van der Waals surface area (Å²) in [5, 5.41) is 7.05. The lowest BCUT2D eigenvalue weighted by atomic mass is 9.62. The number of hydrogen-bond donors (Lipinski definition) is 2. The minimum absolute atomic E-state index is 0.0643. The Kier molecular flexibility index (Phi) is 6.16. The number of anilines is 1. The molecule has 1 aromatic rings. The minimum atomic E-state index is -4.11. The Bertz CT molecular complexity index is 900. The van der Waals surface area contributed by atoms with E-state index in [0.717, 1.165) is 12.3 Å². The number of pyridine rings is 1. The van der Waals surface area contributed by atoms with E-state index in [-0.39, 0.29) is 43.7 Å². The van der Waals surface area contributed by atoms with Gasteiger partial charge in [0.25, 0.3) is 10.0 Å². The second-order valence-electron chi connectivity index (χ2n) is 8.54. The number of alkyl halides is 4. The van der Waals surface area contributed by atoms with E-state index in [1.54, 1.807) is 6.92 Å². The Morgan fingerprint density at radius 2 is 1.80 bits per heavy atom. The summed E-state index contributed by atoms with van der Waals surface area (Å²) in [6, 6.07) is 2.38. The van der Waals surface area contributed by atoms with E-state index in [9.17, 15) is 30.8 Å². The van der Waals surface area contributed by atoms with Crippen molar-refractivity contribution in [2.24, 2.45) is 28.8 Å². The number of nitrogens with one attached hydrogen (secondary N) is 1. The van der Waals surface area contributed by atoms with Gasteiger partial charge in [-0.05, 0) is 36.7 Å². The van der Waals surface area contributed by atoms with Gasteiger partial charge in [0.05, 0.1) is 0 Å². The van der Waals surface area contributed by atoms with Gasteiger partial charge >= 0.3 is 0 Å². The number of carbonyl (C=O) groups is 1. The molecule has 1 aromatic heterocycles. The quantitative estimate of drug-likeness (QED) is 0.680. The molecule has 0 spiro atoms. The second kappa shape index (κ2) is 8.07. The SMILES string of the molecule is C[C@@H]1CC(F)(F)CC(C(=O)Nc2ccnc(S(N)(=O)=O)c2)[C@H]1C1CCC(F)(F)CC1. The van der Waals surface area contributed by atoms with Crippen LogP contribution in [0.4, 0.5) is 23.2 Å². The predicted molar refractivity (Wildman–Crippen MR) is 101 cm³/mol. The topological polar surface area (TPSA) is 102 Å². The number of nitrogens with two attached hydrogens (primary N) is 1. The van der Waals surface area contributed by atoms with Gasteiger partial charge in [-0.1, -0.05) is 6.92 Å². The van der Waals surface area contributed by atoms with Gasteiger partial charge in [0.2, 0.25) is 17.8 Å². The first-order valence-corrected chi connectivity index (χ1v) is 11.4. The van der Waals surface area contributed by atoms with E-state index in [1.165, 1.54) is 6.07 Å².